The van der Waals surface area contributed by atoms with Crippen LogP contribution in [0.15, 0.2) is 70.1 Å². The van der Waals surface area contributed by atoms with Crippen LogP contribution in [-0.4, -0.2) is 22.4 Å². The Morgan fingerprint density at radius 2 is 2.03 bits per heavy atom. The normalized spacial score (nSPS) is 14.6. The Morgan fingerprint density at radius 3 is 2.86 bits per heavy atom. The van der Waals surface area contributed by atoms with E-state index in [1.165, 1.54) is 0 Å². The molecule has 10 heteroatoms. The second-order valence-electron chi connectivity index (χ2n) is 8.14. The minimum Gasteiger partial charge on any atom is -0.448 e. The van der Waals surface area contributed by atoms with E-state index >= 15 is 4.39 Å². The molecule has 2 N–H and O–H groups in total. The summed E-state index contributed by atoms with van der Waals surface area (Å²) < 4.78 is 25.3. The Morgan fingerprint density at radius 1 is 1.17 bits per heavy atom. The zero-order valence-electron chi connectivity index (χ0n) is 18.5. The van der Waals surface area contributed by atoms with Gasteiger partial charge in [0.25, 0.3) is 0 Å². The number of hydrogen-bond acceptors (Lipinski definition) is 4. The molecule has 4 aromatic rings. The number of halogens is 3. The molecule has 2 amide bonds. The van der Waals surface area contributed by atoms with Crippen molar-refractivity contribution in [3.8, 4) is 0 Å². The minimum absolute atomic E-state index is 0.228. The number of allylic oxidation sites excluding steroid dienone is 1. The summed E-state index contributed by atoms with van der Waals surface area (Å²) in [5, 5.41) is 9.63. The van der Waals surface area contributed by atoms with E-state index in [1.54, 1.807) is 23.0 Å². The molecule has 0 saturated carbocycles. The molecule has 5 rings (SSSR count). The highest BCUT2D eigenvalue weighted by molar-refractivity contribution is 7.97. The molecule has 2 heterocycles. The van der Waals surface area contributed by atoms with E-state index in [0.29, 0.717) is 33.7 Å². The number of hydrogen-bond donors (Lipinski definition) is 2. The van der Waals surface area contributed by atoms with Gasteiger partial charge in [-0.3, -0.25) is 9.40 Å². The number of carbonyl (C=O) groups excluding carboxylic acids is 1. The second-order valence-corrected chi connectivity index (χ2v) is 9.79. The molecular weight excluding hydrogens is 510 g/mol. The van der Waals surface area contributed by atoms with Crippen LogP contribution in [0.2, 0.25) is 10.0 Å². The molecule has 2 aromatic carbocycles. The standard InChI is InChI=1S/C25H21Cl2FN4O2S/c26-18-9-8-17(20(27)11-18)14-32-24-16(12-30-32)5-3-6-19(24)21(28)13-29-25(33)31-35-23-10-15-4-1-2-7-22(15)34-23/h1-2,4,7-12H,3,5-6,13-14H2,(H2,29,31,33)/b21-19-. The third kappa shape index (κ3) is 5.34. The van der Waals surface area contributed by atoms with Gasteiger partial charge < -0.3 is 9.73 Å². The first kappa shape index (κ1) is 23.8. The topological polar surface area (TPSA) is 72.1 Å². The van der Waals surface area contributed by atoms with Crippen LogP contribution in [0.3, 0.4) is 0 Å². The third-order valence-corrected chi connectivity index (χ3v) is 7.06. The number of rotatable bonds is 6. The number of urea groups is 1. The first-order valence-electron chi connectivity index (χ1n) is 11.0. The molecule has 0 radical (unpaired) electrons. The van der Waals surface area contributed by atoms with Gasteiger partial charge in [0, 0.05) is 39.0 Å². The SMILES string of the molecule is O=C(NC/C(F)=C1\CCCc2cnn(Cc3ccc(Cl)cc3Cl)c21)NSc1cc2ccccc2o1. The summed E-state index contributed by atoms with van der Waals surface area (Å²) in [5.74, 6) is -0.390. The largest absolute Gasteiger partial charge is 0.448 e. The van der Waals surface area contributed by atoms with Crippen molar-refractivity contribution >= 4 is 57.7 Å². The van der Waals surface area contributed by atoms with Crippen molar-refractivity contribution in [1.82, 2.24) is 19.8 Å². The number of para-hydroxylation sites is 1. The minimum atomic E-state index is -0.510. The van der Waals surface area contributed by atoms with Crippen molar-refractivity contribution in [3.63, 3.8) is 0 Å². The fourth-order valence-electron chi connectivity index (χ4n) is 4.13. The van der Waals surface area contributed by atoms with Crippen LogP contribution in [-0.2, 0) is 13.0 Å². The van der Waals surface area contributed by atoms with Crippen LogP contribution < -0.4 is 10.0 Å². The number of fused-ring (bicyclic) bond motifs is 2. The molecule has 35 heavy (non-hydrogen) atoms. The second kappa shape index (κ2) is 10.4. The lowest BCUT2D eigenvalue weighted by molar-refractivity contribution is 0.246. The van der Waals surface area contributed by atoms with Crippen LogP contribution in [0, 0.1) is 0 Å². The monoisotopic (exact) mass is 530 g/mol. The molecule has 0 spiro atoms. The van der Waals surface area contributed by atoms with Gasteiger partial charge in [0.05, 0.1) is 25.0 Å². The average molecular weight is 531 g/mol. The van der Waals surface area contributed by atoms with E-state index in [0.717, 1.165) is 52.6 Å². The number of aryl methyl sites for hydroxylation is 1. The van der Waals surface area contributed by atoms with Gasteiger partial charge in [0.1, 0.15) is 11.4 Å². The zero-order valence-corrected chi connectivity index (χ0v) is 20.8. The number of benzene rings is 2. The van der Waals surface area contributed by atoms with E-state index < -0.39 is 11.9 Å². The number of carbonyl (C=O) groups is 1. The van der Waals surface area contributed by atoms with Gasteiger partial charge in [-0.15, -0.1) is 0 Å². The van der Waals surface area contributed by atoms with Crippen LogP contribution in [0.25, 0.3) is 16.5 Å². The zero-order chi connectivity index (χ0) is 24.4. The maximum Gasteiger partial charge on any atom is 0.325 e. The predicted molar refractivity (Wildman–Crippen MR) is 137 cm³/mol. The molecule has 180 valence electrons. The smallest absolute Gasteiger partial charge is 0.325 e. The number of nitrogens with zero attached hydrogens (tertiary/aromatic N) is 2. The van der Waals surface area contributed by atoms with Crippen LogP contribution >= 0.6 is 35.1 Å². The molecule has 0 bridgehead atoms. The highest BCUT2D eigenvalue weighted by atomic mass is 35.5. The van der Waals surface area contributed by atoms with Gasteiger partial charge >= 0.3 is 6.03 Å². The fourth-order valence-corrected chi connectivity index (χ4v) is 5.18. The summed E-state index contributed by atoms with van der Waals surface area (Å²) in [6, 6.07) is 14.2. The van der Waals surface area contributed by atoms with Crippen molar-refractivity contribution < 1.29 is 13.6 Å². The summed E-state index contributed by atoms with van der Waals surface area (Å²) in [4.78, 5) is 12.3. The molecule has 2 aromatic heterocycles. The lowest BCUT2D eigenvalue weighted by Crippen LogP contribution is -2.32. The Kier molecular flexibility index (Phi) is 7.04. The Labute approximate surface area is 215 Å². The molecule has 0 aliphatic heterocycles. The van der Waals surface area contributed by atoms with Crippen LogP contribution in [0.5, 0.6) is 0 Å². The summed E-state index contributed by atoms with van der Waals surface area (Å²) >= 11 is 13.4. The van der Waals surface area contributed by atoms with Crippen LogP contribution in [0.1, 0.15) is 29.7 Å². The Balaban J connectivity index is 1.26. The maximum absolute atomic E-state index is 15.3. The van der Waals surface area contributed by atoms with Gasteiger partial charge in [-0.1, -0.05) is 47.5 Å². The Bertz CT molecular complexity index is 1400. The highest BCUT2D eigenvalue weighted by Crippen LogP contribution is 2.34. The number of furan rings is 1. The van der Waals surface area contributed by atoms with E-state index in [4.69, 9.17) is 27.6 Å². The molecule has 0 saturated heterocycles. The number of amides is 2. The van der Waals surface area contributed by atoms with Crippen molar-refractivity contribution in [3.05, 3.63) is 87.4 Å². The van der Waals surface area contributed by atoms with E-state index in [1.807, 2.05) is 36.4 Å². The van der Waals surface area contributed by atoms with Gasteiger partial charge in [0.15, 0.2) is 5.09 Å². The van der Waals surface area contributed by atoms with Gasteiger partial charge in [-0.2, -0.15) is 5.10 Å². The Hall–Kier alpha value is -2.94. The summed E-state index contributed by atoms with van der Waals surface area (Å²) in [6.07, 6.45) is 3.98. The van der Waals surface area contributed by atoms with Gasteiger partial charge in [-0.25, -0.2) is 9.18 Å². The van der Waals surface area contributed by atoms with Crippen molar-refractivity contribution in [2.45, 2.75) is 30.9 Å². The molecular formula is C25H21Cl2FN4O2S. The van der Waals surface area contributed by atoms with E-state index in [-0.39, 0.29) is 6.54 Å². The van der Waals surface area contributed by atoms with E-state index in [9.17, 15) is 4.79 Å². The first-order chi connectivity index (χ1) is 17.0. The lowest BCUT2D eigenvalue weighted by atomic mass is 9.92. The molecule has 1 aliphatic carbocycles. The summed E-state index contributed by atoms with van der Waals surface area (Å²) in [7, 11) is 0. The van der Waals surface area contributed by atoms with Gasteiger partial charge in [0.2, 0.25) is 0 Å². The van der Waals surface area contributed by atoms with Crippen molar-refractivity contribution in [2.24, 2.45) is 0 Å². The van der Waals surface area contributed by atoms with Crippen molar-refractivity contribution in [2.75, 3.05) is 6.54 Å². The fraction of sp³-hybridized carbons (Fsp3) is 0.200. The lowest BCUT2D eigenvalue weighted by Gasteiger charge is -2.19. The number of nitrogens with one attached hydrogen (secondary N) is 2. The van der Waals surface area contributed by atoms with Crippen molar-refractivity contribution in [1.29, 1.82) is 0 Å². The van der Waals surface area contributed by atoms with E-state index in [2.05, 4.69) is 15.1 Å². The first-order valence-corrected chi connectivity index (χ1v) is 12.6. The van der Waals surface area contributed by atoms with Crippen LogP contribution in [0.4, 0.5) is 9.18 Å². The average Bonchev–Trinajstić information content (AvgIpc) is 3.46. The number of aromatic nitrogens is 2. The highest BCUT2D eigenvalue weighted by Gasteiger charge is 2.24. The third-order valence-electron chi connectivity index (χ3n) is 5.79. The quantitative estimate of drug-likeness (QED) is 0.263. The predicted octanol–water partition coefficient (Wildman–Crippen LogP) is 7.01. The molecule has 6 nitrogen and oxygen atoms in total. The molecule has 0 atom stereocenters. The molecule has 0 unspecified atom stereocenters. The van der Waals surface area contributed by atoms with Gasteiger partial charge in [-0.05, 0) is 48.6 Å². The molecule has 1 aliphatic rings. The summed E-state index contributed by atoms with van der Waals surface area (Å²) in [6.45, 7) is 0.165. The maximum atomic E-state index is 15.3. The molecule has 0 fully saturated rings. The summed E-state index contributed by atoms with van der Waals surface area (Å²) in [5.41, 5.74) is 3.86.